The molecule has 0 bridgehead atoms. The molecule has 0 amide bonds. The van der Waals surface area contributed by atoms with Gasteiger partial charge in [-0.15, -0.1) is 4.91 Å². The second-order valence-electron chi connectivity index (χ2n) is 4.50. The summed E-state index contributed by atoms with van der Waals surface area (Å²) >= 11 is 0. The lowest BCUT2D eigenvalue weighted by molar-refractivity contribution is 0.340. The molecule has 0 unspecified atom stereocenters. The lowest BCUT2D eigenvalue weighted by Gasteiger charge is -2.24. The van der Waals surface area contributed by atoms with Gasteiger partial charge in [0.25, 0.3) is 0 Å². The van der Waals surface area contributed by atoms with Gasteiger partial charge in [-0.2, -0.15) is 0 Å². The fraction of sp³-hybridized carbons (Fsp3) is 0.429. The van der Waals surface area contributed by atoms with Gasteiger partial charge in [0.1, 0.15) is 5.69 Å². The van der Waals surface area contributed by atoms with E-state index in [1.165, 1.54) is 11.1 Å². The van der Waals surface area contributed by atoms with Crippen LogP contribution in [0.4, 0.5) is 5.69 Å². The van der Waals surface area contributed by atoms with Gasteiger partial charge in [0.05, 0.1) is 6.61 Å². The minimum Gasteiger partial charge on any atom is -0.392 e. The van der Waals surface area contributed by atoms with Gasteiger partial charge in [0.15, 0.2) is 0 Å². The Kier molecular flexibility index (Phi) is 4.04. The first-order valence-corrected chi connectivity index (χ1v) is 6.05. The summed E-state index contributed by atoms with van der Waals surface area (Å²) < 4.78 is 0. The second-order valence-corrected chi connectivity index (χ2v) is 4.50. The standard InChI is InChI=1S/C14H17NO2/c16-10-9-11-1-3-12(4-2-11)13-5-7-14(15-17)8-6-13/h5-9,12,16H,1-4,10H2. The van der Waals surface area contributed by atoms with E-state index in [-0.39, 0.29) is 6.61 Å². The first kappa shape index (κ1) is 12.0. The van der Waals surface area contributed by atoms with Crippen LogP contribution in [0.25, 0.3) is 0 Å². The Morgan fingerprint density at radius 3 is 2.41 bits per heavy atom. The highest BCUT2D eigenvalue weighted by Gasteiger charge is 2.17. The number of nitrogens with zero attached hydrogens (tertiary/aromatic N) is 1. The molecule has 0 saturated heterocycles. The average molecular weight is 231 g/mol. The molecule has 0 aromatic heterocycles. The van der Waals surface area contributed by atoms with Gasteiger partial charge in [-0.1, -0.05) is 23.8 Å². The van der Waals surface area contributed by atoms with Crippen LogP contribution in [0.1, 0.15) is 37.2 Å². The first-order chi connectivity index (χ1) is 8.33. The molecule has 0 aliphatic heterocycles. The molecule has 1 aliphatic carbocycles. The van der Waals surface area contributed by atoms with E-state index in [2.05, 4.69) is 5.18 Å². The lowest BCUT2D eigenvalue weighted by Crippen LogP contribution is -2.06. The second kappa shape index (κ2) is 5.73. The van der Waals surface area contributed by atoms with Gasteiger partial charge < -0.3 is 5.11 Å². The topological polar surface area (TPSA) is 49.7 Å². The molecule has 0 spiro atoms. The van der Waals surface area contributed by atoms with Crippen molar-refractivity contribution in [1.82, 2.24) is 0 Å². The largest absolute Gasteiger partial charge is 0.392 e. The molecular formula is C14H17NO2. The Morgan fingerprint density at radius 2 is 1.88 bits per heavy atom. The van der Waals surface area contributed by atoms with E-state index < -0.39 is 0 Å². The van der Waals surface area contributed by atoms with Gasteiger partial charge in [-0.25, -0.2) is 0 Å². The highest BCUT2D eigenvalue weighted by molar-refractivity contribution is 5.39. The predicted molar refractivity (Wildman–Crippen MR) is 68.3 cm³/mol. The van der Waals surface area contributed by atoms with Gasteiger partial charge in [0, 0.05) is 0 Å². The van der Waals surface area contributed by atoms with Crippen molar-refractivity contribution in [3.05, 3.63) is 46.4 Å². The molecule has 1 fully saturated rings. The van der Waals surface area contributed by atoms with Crippen LogP contribution in [0, 0.1) is 4.91 Å². The summed E-state index contributed by atoms with van der Waals surface area (Å²) in [6.45, 7) is 0.152. The van der Waals surface area contributed by atoms with Crippen LogP contribution < -0.4 is 0 Å². The minimum absolute atomic E-state index is 0.152. The van der Waals surface area contributed by atoms with Crippen molar-refractivity contribution in [3.8, 4) is 0 Å². The summed E-state index contributed by atoms with van der Waals surface area (Å²) in [5.74, 6) is 0.576. The van der Waals surface area contributed by atoms with E-state index >= 15 is 0 Å². The van der Waals surface area contributed by atoms with Crippen LogP contribution in [0.15, 0.2) is 41.1 Å². The number of nitroso groups, excluding NO2 is 1. The summed E-state index contributed by atoms with van der Waals surface area (Å²) in [5.41, 5.74) is 3.15. The normalized spacial score (nSPS) is 20.1. The molecule has 1 saturated carbocycles. The zero-order valence-electron chi connectivity index (χ0n) is 9.80. The monoisotopic (exact) mass is 231 g/mol. The van der Waals surface area contributed by atoms with Crippen LogP contribution >= 0.6 is 0 Å². The molecule has 90 valence electrons. The molecule has 0 radical (unpaired) electrons. The van der Waals surface area contributed by atoms with Crippen molar-refractivity contribution < 1.29 is 5.11 Å². The van der Waals surface area contributed by atoms with Crippen molar-refractivity contribution in [2.75, 3.05) is 6.61 Å². The molecule has 3 heteroatoms. The highest BCUT2D eigenvalue weighted by atomic mass is 16.3. The van der Waals surface area contributed by atoms with Crippen LogP contribution in [-0.2, 0) is 0 Å². The average Bonchev–Trinajstić information content (AvgIpc) is 2.40. The van der Waals surface area contributed by atoms with Crippen molar-refractivity contribution in [2.24, 2.45) is 5.18 Å². The summed E-state index contributed by atoms with van der Waals surface area (Å²) in [4.78, 5) is 10.3. The summed E-state index contributed by atoms with van der Waals surface area (Å²) in [7, 11) is 0. The number of hydrogen-bond donors (Lipinski definition) is 1. The summed E-state index contributed by atoms with van der Waals surface area (Å²) in [6.07, 6.45) is 6.31. The molecule has 3 nitrogen and oxygen atoms in total. The number of allylic oxidation sites excluding steroid dienone is 1. The molecule has 1 aliphatic rings. The van der Waals surface area contributed by atoms with E-state index in [1.54, 1.807) is 12.1 Å². The molecular weight excluding hydrogens is 214 g/mol. The third-order valence-corrected chi connectivity index (χ3v) is 3.48. The number of aliphatic hydroxyl groups excluding tert-OH is 1. The van der Waals surface area contributed by atoms with Crippen LogP contribution in [-0.4, -0.2) is 11.7 Å². The lowest BCUT2D eigenvalue weighted by atomic mass is 9.81. The van der Waals surface area contributed by atoms with E-state index in [1.807, 2.05) is 18.2 Å². The molecule has 2 rings (SSSR count). The SMILES string of the molecule is O=Nc1ccc(C2CCC(=CCO)CC2)cc1. The zero-order chi connectivity index (χ0) is 12.1. The van der Waals surface area contributed by atoms with Crippen LogP contribution in [0.3, 0.4) is 0 Å². The Morgan fingerprint density at radius 1 is 1.24 bits per heavy atom. The fourth-order valence-corrected chi connectivity index (χ4v) is 2.46. The number of benzene rings is 1. The van der Waals surface area contributed by atoms with Gasteiger partial charge in [-0.05, 0) is 54.5 Å². The van der Waals surface area contributed by atoms with E-state index in [0.717, 1.165) is 25.7 Å². The van der Waals surface area contributed by atoms with E-state index in [0.29, 0.717) is 11.6 Å². The van der Waals surface area contributed by atoms with Crippen molar-refractivity contribution in [3.63, 3.8) is 0 Å². The Labute approximate surface area is 101 Å². The number of hydrogen-bond acceptors (Lipinski definition) is 3. The smallest absolute Gasteiger partial charge is 0.108 e. The van der Waals surface area contributed by atoms with Gasteiger partial charge >= 0.3 is 0 Å². The Hall–Kier alpha value is -1.48. The number of aliphatic hydroxyl groups is 1. The maximum atomic E-state index is 10.3. The third kappa shape index (κ3) is 3.01. The van der Waals surface area contributed by atoms with Crippen molar-refractivity contribution in [1.29, 1.82) is 0 Å². The quantitative estimate of drug-likeness (QED) is 0.637. The Balaban J connectivity index is 2.00. The maximum Gasteiger partial charge on any atom is 0.108 e. The van der Waals surface area contributed by atoms with Crippen molar-refractivity contribution in [2.45, 2.75) is 31.6 Å². The fourth-order valence-electron chi connectivity index (χ4n) is 2.46. The van der Waals surface area contributed by atoms with Crippen LogP contribution in [0.2, 0.25) is 0 Å². The molecule has 0 atom stereocenters. The van der Waals surface area contributed by atoms with Gasteiger partial charge in [0.2, 0.25) is 0 Å². The van der Waals surface area contributed by atoms with Crippen molar-refractivity contribution >= 4 is 5.69 Å². The first-order valence-electron chi connectivity index (χ1n) is 6.05. The molecule has 17 heavy (non-hydrogen) atoms. The summed E-state index contributed by atoms with van der Waals surface area (Å²) in [6, 6.07) is 7.56. The molecule has 1 aromatic carbocycles. The molecule has 0 heterocycles. The summed E-state index contributed by atoms with van der Waals surface area (Å²) in [5, 5.41) is 11.7. The highest BCUT2D eigenvalue weighted by Crippen LogP contribution is 2.35. The zero-order valence-corrected chi connectivity index (χ0v) is 9.80. The Bertz CT molecular complexity index is 399. The minimum atomic E-state index is 0.152. The third-order valence-electron chi connectivity index (χ3n) is 3.48. The van der Waals surface area contributed by atoms with Gasteiger partial charge in [-0.3, -0.25) is 0 Å². The molecule has 1 N–H and O–H groups in total. The van der Waals surface area contributed by atoms with E-state index in [9.17, 15) is 4.91 Å². The predicted octanol–water partition coefficient (Wildman–Crippen LogP) is 3.66. The number of rotatable bonds is 3. The molecule has 1 aromatic rings. The maximum absolute atomic E-state index is 10.3. The van der Waals surface area contributed by atoms with E-state index in [4.69, 9.17) is 5.11 Å². The van der Waals surface area contributed by atoms with Crippen LogP contribution in [0.5, 0.6) is 0 Å².